The number of fused-ring (bicyclic) bond motifs is 1. The highest BCUT2D eigenvalue weighted by Crippen LogP contribution is 2.19. The molecule has 1 aromatic rings. The first kappa shape index (κ1) is 6.40. The quantitative estimate of drug-likeness (QED) is 0.589. The van der Waals surface area contributed by atoms with Gasteiger partial charge in [0.1, 0.15) is 5.84 Å². The highest BCUT2D eigenvalue weighted by Gasteiger charge is 2.19. The fourth-order valence-corrected chi connectivity index (χ4v) is 1.43. The summed E-state index contributed by atoms with van der Waals surface area (Å²) in [7, 11) is 1.95. The SMILES string of the molecule is CN1Cc2ccccc2C1=N. The highest BCUT2D eigenvalue weighted by atomic mass is 15.2. The van der Waals surface area contributed by atoms with Crippen molar-refractivity contribution in [3.05, 3.63) is 35.4 Å². The van der Waals surface area contributed by atoms with Gasteiger partial charge in [-0.05, 0) is 5.56 Å². The van der Waals surface area contributed by atoms with Gasteiger partial charge in [0.25, 0.3) is 0 Å². The topological polar surface area (TPSA) is 27.1 Å². The maximum absolute atomic E-state index is 7.66. The molecule has 0 bridgehead atoms. The molecule has 0 spiro atoms. The number of nitrogens with one attached hydrogen (secondary N) is 1. The molecule has 1 aromatic carbocycles. The average Bonchev–Trinajstić information content (AvgIpc) is 2.30. The summed E-state index contributed by atoms with van der Waals surface area (Å²) >= 11 is 0. The molecular weight excluding hydrogens is 136 g/mol. The number of amidine groups is 1. The van der Waals surface area contributed by atoms with Crippen molar-refractivity contribution < 1.29 is 0 Å². The summed E-state index contributed by atoms with van der Waals surface area (Å²) in [6, 6.07) is 8.08. The second-order valence-corrected chi connectivity index (χ2v) is 2.86. The molecule has 2 nitrogen and oxygen atoms in total. The summed E-state index contributed by atoms with van der Waals surface area (Å²) in [4.78, 5) is 1.95. The Balaban J connectivity index is 2.55. The van der Waals surface area contributed by atoms with E-state index in [0.717, 1.165) is 12.1 Å². The summed E-state index contributed by atoms with van der Waals surface area (Å²) in [6.45, 7) is 0.884. The van der Waals surface area contributed by atoms with Crippen LogP contribution in [-0.4, -0.2) is 17.8 Å². The van der Waals surface area contributed by atoms with E-state index >= 15 is 0 Å². The molecular formula is C9H10N2. The van der Waals surface area contributed by atoms with Crippen molar-refractivity contribution in [1.82, 2.24) is 4.90 Å². The van der Waals surface area contributed by atoms with Gasteiger partial charge in [-0.3, -0.25) is 5.41 Å². The Morgan fingerprint density at radius 2 is 2.09 bits per heavy atom. The first-order valence-electron chi connectivity index (χ1n) is 3.67. The molecule has 0 radical (unpaired) electrons. The first-order valence-corrected chi connectivity index (χ1v) is 3.67. The molecule has 0 unspecified atom stereocenters. The third kappa shape index (κ3) is 0.827. The van der Waals surface area contributed by atoms with Crippen LogP contribution < -0.4 is 0 Å². The number of hydrogen-bond acceptors (Lipinski definition) is 1. The molecule has 0 atom stereocenters. The fraction of sp³-hybridized carbons (Fsp3) is 0.222. The van der Waals surface area contributed by atoms with E-state index in [1.807, 2.05) is 30.1 Å². The van der Waals surface area contributed by atoms with Crippen LogP contribution in [-0.2, 0) is 6.54 Å². The fourth-order valence-electron chi connectivity index (χ4n) is 1.43. The molecule has 0 saturated heterocycles. The van der Waals surface area contributed by atoms with E-state index in [9.17, 15) is 0 Å². The van der Waals surface area contributed by atoms with Gasteiger partial charge in [-0.2, -0.15) is 0 Å². The molecule has 1 N–H and O–H groups in total. The van der Waals surface area contributed by atoms with Gasteiger partial charge in [0.05, 0.1) is 0 Å². The molecule has 1 aliphatic heterocycles. The monoisotopic (exact) mass is 146 g/mol. The van der Waals surface area contributed by atoms with E-state index in [2.05, 4.69) is 6.07 Å². The molecule has 0 aliphatic carbocycles. The van der Waals surface area contributed by atoms with Gasteiger partial charge in [0.15, 0.2) is 0 Å². The molecule has 1 aliphatic rings. The van der Waals surface area contributed by atoms with E-state index in [0.29, 0.717) is 5.84 Å². The van der Waals surface area contributed by atoms with E-state index < -0.39 is 0 Å². The van der Waals surface area contributed by atoms with Crippen molar-refractivity contribution in [3.63, 3.8) is 0 Å². The van der Waals surface area contributed by atoms with Gasteiger partial charge >= 0.3 is 0 Å². The van der Waals surface area contributed by atoms with Gasteiger partial charge in [0, 0.05) is 19.2 Å². The van der Waals surface area contributed by atoms with Gasteiger partial charge in [-0.25, -0.2) is 0 Å². The predicted octanol–water partition coefficient (Wildman–Crippen LogP) is 1.46. The van der Waals surface area contributed by atoms with E-state index in [1.54, 1.807) is 0 Å². The van der Waals surface area contributed by atoms with Crippen molar-refractivity contribution in [2.45, 2.75) is 6.54 Å². The molecule has 0 amide bonds. The van der Waals surface area contributed by atoms with Crippen LogP contribution in [0.2, 0.25) is 0 Å². The minimum absolute atomic E-state index is 0.639. The lowest BCUT2D eigenvalue weighted by Gasteiger charge is -2.07. The van der Waals surface area contributed by atoms with E-state index in [4.69, 9.17) is 5.41 Å². The van der Waals surface area contributed by atoms with Crippen molar-refractivity contribution in [3.8, 4) is 0 Å². The van der Waals surface area contributed by atoms with Crippen LogP contribution >= 0.6 is 0 Å². The van der Waals surface area contributed by atoms with Crippen LogP contribution in [0.5, 0.6) is 0 Å². The Morgan fingerprint density at radius 1 is 1.36 bits per heavy atom. The van der Waals surface area contributed by atoms with Crippen LogP contribution in [0.3, 0.4) is 0 Å². The van der Waals surface area contributed by atoms with Crippen molar-refractivity contribution in [2.24, 2.45) is 0 Å². The average molecular weight is 146 g/mol. The Hall–Kier alpha value is -1.31. The lowest BCUT2D eigenvalue weighted by atomic mass is 10.1. The third-order valence-corrected chi connectivity index (χ3v) is 2.06. The molecule has 0 saturated carbocycles. The Kier molecular flexibility index (Phi) is 1.22. The van der Waals surface area contributed by atoms with Crippen molar-refractivity contribution in [1.29, 1.82) is 5.41 Å². The van der Waals surface area contributed by atoms with Crippen LogP contribution in [0.1, 0.15) is 11.1 Å². The molecule has 0 fully saturated rings. The zero-order chi connectivity index (χ0) is 7.84. The van der Waals surface area contributed by atoms with Crippen LogP contribution in [0.15, 0.2) is 24.3 Å². The third-order valence-electron chi connectivity index (χ3n) is 2.06. The van der Waals surface area contributed by atoms with Crippen molar-refractivity contribution in [2.75, 3.05) is 7.05 Å². The van der Waals surface area contributed by atoms with E-state index in [1.165, 1.54) is 5.56 Å². The predicted molar refractivity (Wildman–Crippen MR) is 44.7 cm³/mol. The Labute approximate surface area is 66.0 Å². The van der Waals surface area contributed by atoms with Crippen molar-refractivity contribution >= 4 is 5.84 Å². The molecule has 2 rings (SSSR count). The summed E-state index contributed by atoms with van der Waals surface area (Å²) in [5.74, 6) is 0.639. The maximum Gasteiger partial charge on any atom is 0.128 e. The van der Waals surface area contributed by atoms with Crippen LogP contribution in [0, 0.1) is 5.41 Å². The molecule has 0 aromatic heterocycles. The zero-order valence-electron chi connectivity index (χ0n) is 6.46. The second-order valence-electron chi connectivity index (χ2n) is 2.86. The summed E-state index contributed by atoms with van der Waals surface area (Å²) in [5, 5.41) is 7.66. The molecule has 11 heavy (non-hydrogen) atoms. The number of nitrogens with zero attached hydrogens (tertiary/aromatic N) is 1. The molecule has 2 heteroatoms. The number of rotatable bonds is 0. The molecule has 1 heterocycles. The smallest absolute Gasteiger partial charge is 0.128 e. The standard InChI is InChI=1S/C9H10N2/c1-11-6-7-4-2-3-5-8(7)9(11)10/h2-5,10H,6H2,1H3. The maximum atomic E-state index is 7.66. The first-order chi connectivity index (χ1) is 5.29. The Morgan fingerprint density at radius 3 is 2.82 bits per heavy atom. The van der Waals surface area contributed by atoms with Gasteiger partial charge in [0.2, 0.25) is 0 Å². The van der Waals surface area contributed by atoms with Gasteiger partial charge < -0.3 is 4.90 Å². The second kappa shape index (κ2) is 2.09. The Bertz CT molecular complexity index is 304. The zero-order valence-corrected chi connectivity index (χ0v) is 6.46. The lowest BCUT2D eigenvalue weighted by molar-refractivity contribution is 0.521. The summed E-state index contributed by atoms with van der Waals surface area (Å²) in [6.07, 6.45) is 0. The summed E-state index contributed by atoms with van der Waals surface area (Å²) in [5.41, 5.74) is 2.34. The minimum Gasteiger partial charge on any atom is -0.355 e. The van der Waals surface area contributed by atoms with E-state index in [-0.39, 0.29) is 0 Å². The van der Waals surface area contributed by atoms with Crippen LogP contribution in [0.25, 0.3) is 0 Å². The number of benzene rings is 1. The van der Waals surface area contributed by atoms with Gasteiger partial charge in [-0.15, -0.1) is 0 Å². The van der Waals surface area contributed by atoms with Crippen LogP contribution in [0.4, 0.5) is 0 Å². The normalized spacial score (nSPS) is 15.4. The number of hydrogen-bond donors (Lipinski definition) is 1. The lowest BCUT2D eigenvalue weighted by Crippen LogP contribution is -2.17. The largest absolute Gasteiger partial charge is 0.355 e. The van der Waals surface area contributed by atoms with Gasteiger partial charge in [-0.1, -0.05) is 24.3 Å². The minimum atomic E-state index is 0.639. The molecule has 56 valence electrons. The highest BCUT2D eigenvalue weighted by molar-refractivity contribution is 5.99. The summed E-state index contributed by atoms with van der Waals surface area (Å²) < 4.78 is 0.